The standard InChI is InChI=1S/C14H22N2O/c1-10(2)17-14-7-5-12(6-8-14)16-13-4-3-11(15)9-13/h5-8,10-11,13,16H,3-4,9,15H2,1-2H3. The molecule has 2 atom stereocenters. The second-order valence-corrected chi connectivity index (χ2v) is 5.11. The third kappa shape index (κ3) is 3.63. The molecule has 0 amide bonds. The van der Waals surface area contributed by atoms with E-state index in [4.69, 9.17) is 10.5 Å². The minimum atomic E-state index is 0.224. The van der Waals surface area contributed by atoms with Crippen molar-refractivity contribution in [1.29, 1.82) is 0 Å². The lowest BCUT2D eigenvalue weighted by Gasteiger charge is -2.15. The maximum atomic E-state index is 5.90. The SMILES string of the molecule is CC(C)Oc1ccc(NC2CCC(N)C2)cc1. The topological polar surface area (TPSA) is 47.3 Å². The molecule has 3 N–H and O–H groups in total. The van der Waals surface area contributed by atoms with Crippen molar-refractivity contribution in [3.63, 3.8) is 0 Å². The molecule has 2 unspecified atom stereocenters. The van der Waals surface area contributed by atoms with E-state index in [9.17, 15) is 0 Å². The molecule has 0 heterocycles. The number of ether oxygens (including phenoxy) is 1. The molecule has 17 heavy (non-hydrogen) atoms. The molecule has 0 radical (unpaired) electrons. The second-order valence-electron chi connectivity index (χ2n) is 5.11. The van der Waals surface area contributed by atoms with E-state index < -0.39 is 0 Å². The Bertz CT molecular complexity index is 348. The number of rotatable bonds is 4. The van der Waals surface area contributed by atoms with Crippen molar-refractivity contribution in [2.75, 3.05) is 5.32 Å². The molecule has 1 aromatic carbocycles. The van der Waals surface area contributed by atoms with E-state index >= 15 is 0 Å². The predicted molar refractivity (Wildman–Crippen MR) is 71.4 cm³/mol. The Hall–Kier alpha value is -1.22. The maximum Gasteiger partial charge on any atom is 0.119 e. The van der Waals surface area contributed by atoms with Crippen molar-refractivity contribution in [3.8, 4) is 5.75 Å². The van der Waals surface area contributed by atoms with Crippen LogP contribution in [0.1, 0.15) is 33.1 Å². The lowest BCUT2D eigenvalue weighted by atomic mass is 10.2. The van der Waals surface area contributed by atoms with Crippen molar-refractivity contribution in [1.82, 2.24) is 0 Å². The van der Waals surface area contributed by atoms with Crippen LogP contribution in [0.3, 0.4) is 0 Å². The molecule has 1 aromatic rings. The van der Waals surface area contributed by atoms with Gasteiger partial charge in [-0.25, -0.2) is 0 Å². The van der Waals surface area contributed by atoms with Gasteiger partial charge in [-0.2, -0.15) is 0 Å². The summed E-state index contributed by atoms with van der Waals surface area (Å²) in [4.78, 5) is 0. The van der Waals surface area contributed by atoms with E-state index in [1.165, 1.54) is 6.42 Å². The van der Waals surface area contributed by atoms with Gasteiger partial charge in [0, 0.05) is 17.8 Å². The van der Waals surface area contributed by atoms with Gasteiger partial charge in [-0.15, -0.1) is 0 Å². The molecule has 0 aliphatic heterocycles. The molecule has 1 aliphatic rings. The van der Waals surface area contributed by atoms with Gasteiger partial charge in [0.1, 0.15) is 5.75 Å². The Morgan fingerprint density at radius 1 is 1.24 bits per heavy atom. The molecule has 1 aliphatic carbocycles. The lowest BCUT2D eigenvalue weighted by Crippen LogP contribution is -2.20. The first-order valence-corrected chi connectivity index (χ1v) is 6.42. The van der Waals surface area contributed by atoms with Gasteiger partial charge in [-0.1, -0.05) is 0 Å². The fraction of sp³-hybridized carbons (Fsp3) is 0.571. The van der Waals surface area contributed by atoms with E-state index in [1.807, 2.05) is 26.0 Å². The number of nitrogens with two attached hydrogens (primary N) is 1. The molecule has 3 nitrogen and oxygen atoms in total. The zero-order valence-corrected chi connectivity index (χ0v) is 10.6. The minimum absolute atomic E-state index is 0.224. The van der Waals surface area contributed by atoms with Gasteiger partial charge in [-0.05, 0) is 57.4 Å². The summed E-state index contributed by atoms with van der Waals surface area (Å²) >= 11 is 0. The largest absolute Gasteiger partial charge is 0.491 e. The molecule has 94 valence electrons. The van der Waals surface area contributed by atoms with Crippen LogP contribution < -0.4 is 15.8 Å². The molecule has 0 saturated heterocycles. The van der Waals surface area contributed by atoms with Gasteiger partial charge in [0.2, 0.25) is 0 Å². The first-order chi connectivity index (χ1) is 8.13. The average molecular weight is 234 g/mol. The van der Waals surface area contributed by atoms with Gasteiger partial charge in [0.25, 0.3) is 0 Å². The lowest BCUT2D eigenvalue weighted by molar-refractivity contribution is 0.242. The van der Waals surface area contributed by atoms with Crippen LogP contribution in [0, 0.1) is 0 Å². The van der Waals surface area contributed by atoms with Crippen molar-refractivity contribution >= 4 is 5.69 Å². The second kappa shape index (κ2) is 5.41. The monoisotopic (exact) mass is 234 g/mol. The van der Waals surface area contributed by atoms with Crippen molar-refractivity contribution < 1.29 is 4.74 Å². The number of anilines is 1. The van der Waals surface area contributed by atoms with Gasteiger partial charge in [0.05, 0.1) is 6.10 Å². The average Bonchev–Trinajstić information content (AvgIpc) is 2.66. The quantitative estimate of drug-likeness (QED) is 0.842. The van der Waals surface area contributed by atoms with E-state index in [2.05, 4.69) is 17.4 Å². The van der Waals surface area contributed by atoms with Crippen LogP contribution in [0.4, 0.5) is 5.69 Å². The number of nitrogens with one attached hydrogen (secondary N) is 1. The van der Waals surface area contributed by atoms with Crippen LogP contribution >= 0.6 is 0 Å². The fourth-order valence-electron chi connectivity index (χ4n) is 2.29. The molecule has 3 heteroatoms. The van der Waals surface area contributed by atoms with Crippen LogP contribution in [0.25, 0.3) is 0 Å². The first kappa shape index (κ1) is 12.2. The summed E-state index contributed by atoms with van der Waals surface area (Å²) in [7, 11) is 0. The summed E-state index contributed by atoms with van der Waals surface area (Å²) in [6.07, 6.45) is 3.60. The zero-order valence-electron chi connectivity index (χ0n) is 10.6. The van der Waals surface area contributed by atoms with Crippen LogP contribution in [0.5, 0.6) is 5.75 Å². The minimum Gasteiger partial charge on any atom is -0.491 e. The van der Waals surface area contributed by atoms with Crippen molar-refractivity contribution in [2.24, 2.45) is 5.73 Å². The molecular formula is C14H22N2O. The highest BCUT2D eigenvalue weighted by Crippen LogP contribution is 2.23. The van der Waals surface area contributed by atoms with Crippen molar-refractivity contribution in [3.05, 3.63) is 24.3 Å². The van der Waals surface area contributed by atoms with E-state index in [0.29, 0.717) is 12.1 Å². The molecule has 0 spiro atoms. The molecule has 1 saturated carbocycles. The molecular weight excluding hydrogens is 212 g/mol. The van der Waals surface area contributed by atoms with Gasteiger partial charge in [0.15, 0.2) is 0 Å². The fourth-order valence-corrected chi connectivity index (χ4v) is 2.29. The van der Waals surface area contributed by atoms with E-state index in [1.54, 1.807) is 0 Å². The Kier molecular flexibility index (Phi) is 3.89. The Morgan fingerprint density at radius 3 is 2.47 bits per heavy atom. The van der Waals surface area contributed by atoms with Crippen LogP contribution in [0.2, 0.25) is 0 Å². The van der Waals surface area contributed by atoms with Crippen molar-refractivity contribution in [2.45, 2.75) is 51.3 Å². The summed E-state index contributed by atoms with van der Waals surface area (Å²) in [5.41, 5.74) is 7.05. The van der Waals surface area contributed by atoms with Gasteiger partial charge in [-0.3, -0.25) is 0 Å². The summed E-state index contributed by atoms with van der Waals surface area (Å²) in [6, 6.07) is 9.07. The number of hydrogen-bond donors (Lipinski definition) is 2. The van der Waals surface area contributed by atoms with Crippen LogP contribution in [-0.4, -0.2) is 18.2 Å². The van der Waals surface area contributed by atoms with E-state index in [0.717, 1.165) is 24.3 Å². The zero-order chi connectivity index (χ0) is 12.3. The summed E-state index contributed by atoms with van der Waals surface area (Å²) in [5.74, 6) is 0.925. The Balaban J connectivity index is 1.89. The predicted octanol–water partition coefficient (Wildman–Crippen LogP) is 2.77. The smallest absolute Gasteiger partial charge is 0.119 e. The maximum absolute atomic E-state index is 5.90. The number of benzene rings is 1. The third-order valence-corrected chi connectivity index (χ3v) is 3.07. The van der Waals surface area contributed by atoms with E-state index in [-0.39, 0.29) is 6.10 Å². The van der Waals surface area contributed by atoms with Gasteiger partial charge < -0.3 is 15.8 Å². The Labute approximate surface area is 103 Å². The van der Waals surface area contributed by atoms with Crippen LogP contribution in [0.15, 0.2) is 24.3 Å². The summed E-state index contributed by atoms with van der Waals surface area (Å²) in [6.45, 7) is 4.07. The third-order valence-electron chi connectivity index (χ3n) is 3.07. The highest BCUT2D eigenvalue weighted by atomic mass is 16.5. The molecule has 2 rings (SSSR count). The highest BCUT2D eigenvalue weighted by Gasteiger charge is 2.21. The summed E-state index contributed by atoms with van der Waals surface area (Å²) < 4.78 is 5.61. The van der Waals surface area contributed by atoms with Crippen LogP contribution in [-0.2, 0) is 0 Å². The normalized spacial score (nSPS) is 24.0. The first-order valence-electron chi connectivity index (χ1n) is 6.42. The Morgan fingerprint density at radius 2 is 1.94 bits per heavy atom. The summed E-state index contributed by atoms with van der Waals surface area (Å²) in [5, 5.41) is 3.52. The highest BCUT2D eigenvalue weighted by molar-refractivity contribution is 5.47. The number of hydrogen-bond acceptors (Lipinski definition) is 3. The van der Waals surface area contributed by atoms with Gasteiger partial charge >= 0.3 is 0 Å². The molecule has 1 fully saturated rings. The molecule has 0 aromatic heterocycles. The molecule has 0 bridgehead atoms.